The second-order valence-corrected chi connectivity index (χ2v) is 10.6. The van der Waals surface area contributed by atoms with Crippen molar-refractivity contribution < 1.29 is 19.1 Å². The van der Waals surface area contributed by atoms with Crippen molar-refractivity contribution in [3.8, 4) is 0 Å². The highest BCUT2D eigenvalue weighted by molar-refractivity contribution is 6.31. The van der Waals surface area contributed by atoms with Gasteiger partial charge in [-0.2, -0.15) is 5.10 Å². The largest absolute Gasteiger partial charge is 0.478 e. The average molecular weight is 589 g/mol. The number of nitrogens with one attached hydrogen (secondary N) is 1. The summed E-state index contributed by atoms with van der Waals surface area (Å²) in [5, 5.41) is 24.2. The lowest BCUT2D eigenvalue weighted by Crippen LogP contribution is -2.23. The highest BCUT2D eigenvalue weighted by Gasteiger charge is 2.25. The Morgan fingerprint density at radius 1 is 1.12 bits per heavy atom. The van der Waals surface area contributed by atoms with Crippen LogP contribution >= 0.6 is 11.6 Å². The average Bonchev–Trinajstić information content (AvgIpc) is 3.32. The van der Waals surface area contributed by atoms with E-state index in [4.69, 9.17) is 16.6 Å². The number of aromatic nitrogens is 9. The summed E-state index contributed by atoms with van der Waals surface area (Å²) in [7, 11) is 0. The molecule has 0 radical (unpaired) electrons. The first-order valence-corrected chi connectivity index (χ1v) is 13.4. The van der Waals surface area contributed by atoms with Crippen LogP contribution in [0.3, 0.4) is 0 Å². The van der Waals surface area contributed by atoms with Crippen LogP contribution in [0.4, 0.5) is 4.39 Å². The standard InChI is InChI=1S/C27H22ClFN10O3/c28-20-3-4-36-14-31-21(24(36)23(20)29)7-30-26(40)22-13-39(35-34-22)12-19-11-37-8-16(15-1-2-15)5-17(25(37)33-19)9-38-10-18(6-32-38)27(41)42/h3-6,8,10-11,13-15H,1-2,7,9,12H2,(H,30,40)(H,41,42). The number of nitrogens with zero attached hydrogens (tertiary/aromatic N) is 9. The molecular formula is C27H22ClFN10O3. The molecule has 1 aliphatic rings. The molecule has 0 aromatic carbocycles. The number of pyridine rings is 2. The molecule has 1 fully saturated rings. The number of carbonyl (C=O) groups is 2. The molecule has 0 bridgehead atoms. The Hall–Kier alpha value is -5.11. The fraction of sp³-hybridized carbons (Fsp3) is 0.222. The number of carboxylic acids is 1. The van der Waals surface area contributed by atoms with Crippen LogP contribution in [0, 0.1) is 5.82 Å². The van der Waals surface area contributed by atoms with E-state index in [2.05, 4.69) is 38.0 Å². The molecule has 0 aliphatic heterocycles. The summed E-state index contributed by atoms with van der Waals surface area (Å²) in [6, 6.07) is 3.53. The molecule has 15 heteroatoms. The Bertz CT molecular complexity index is 2000. The van der Waals surface area contributed by atoms with Gasteiger partial charge in [-0.1, -0.05) is 16.8 Å². The molecule has 212 valence electrons. The summed E-state index contributed by atoms with van der Waals surface area (Å²) >= 11 is 5.90. The van der Waals surface area contributed by atoms with E-state index < -0.39 is 17.7 Å². The van der Waals surface area contributed by atoms with E-state index in [1.807, 2.05) is 10.6 Å². The zero-order valence-electron chi connectivity index (χ0n) is 21.9. The summed E-state index contributed by atoms with van der Waals surface area (Å²) in [4.78, 5) is 33.0. The summed E-state index contributed by atoms with van der Waals surface area (Å²) in [6.07, 6.45) is 13.6. The number of amides is 1. The van der Waals surface area contributed by atoms with Crippen molar-refractivity contribution in [2.75, 3.05) is 0 Å². The Labute approximate surface area is 241 Å². The fourth-order valence-corrected chi connectivity index (χ4v) is 5.07. The highest BCUT2D eigenvalue weighted by atomic mass is 35.5. The first kappa shape index (κ1) is 25.8. The minimum atomic E-state index is -1.03. The molecule has 1 saturated carbocycles. The van der Waals surface area contributed by atoms with E-state index in [1.165, 1.54) is 45.6 Å². The number of hydrogen-bond donors (Lipinski definition) is 2. The van der Waals surface area contributed by atoms with Gasteiger partial charge in [-0.15, -0.1) is 5.10 Å². The maximum atomic E-state index is 14.5. The van der Waals surface area contributed by atoms with Gasteiger partial charge in [0.1, 0.15) is 11.2 Å². The molecule has 6 aromatic heterocycles. The van der Waals surface area contributed by atoms with E-state index in [1.54, 1.807) is 10.9 Å². The second kappa shape index (κ2) is 10.1. The van der Waals surface area contributed by atoms with Gasteiger partial charge in [-0.3, -0.25) is 9.48 Å². The lowest BCUT2D eigenvalue weighted by molar-refractivity contribution is 0.0696. The van der Waals surface area contributed by atoms with Crippen LogP contribution in [0.25, 0.3) is 11.2 Å². The molecule has 6 heterocycles. The van der Waals surface area contributed by atoms with Crippen molar-refractivity contribution in [1.29, 1.82) is 0 Å². The third-order valence-corrected chi connectivity index (χ3v) is 7.43. The van der Waals surface area contributed by atoms with Gasteiger partial charge in [0, 0.05) is 30.4 Å². The molecule has 42 heavy (non-hydrogen) atoms. The van der Waals surface area contributed by atoms with Gasteiger partial charge in [0.05, 0.1) is 60.3 Å². The zero-order chi connectivity index (χ0) is 29.0. The number of hydrogen-bond acceptors (Lipinski definition) is 7. The van der Waals surface area contributed by atoms with Gasteiger partial charge in [-0.25, -0.2) is 23.8 Å². The number of rotatable bonds is 9. The zero-order valence-corrected chi connectivity index (χ0v) is 22.6. The van der Waals surface area contributed by atoms with Crippen molar-refractivity contribution >= 4 is 34.6 Å². The van der Waals surface area contributed by atoms with Crippen molar-refractivity contribution in [2.24, 2.45) is 0 Å². The van der Waals surface area contributed by atoms with Gasteiger partial charge >= 0.3 is 5.97 Å². The van der Waals surface area contributed by atoms with Gasteiger partial charge in [0.25, 0.3) is 5.91 Å². The molecule has 1 amide bonds. The van der Waals surface area contributed by atoms with E-state index in [-0.39, 0.29) is 34.9 Å². The first-order chi connectivity index (χ1) is 20.3. The van der Waals surface area contributed by atoms with Gasteiger partial charge in [-0.05, 0) is 36.5 Å². The number of carboxylic acid groups (broad SMARTS) is 1. The third kappa shape index (κ3) is 4.85. The predicted molar refractivity (Wildman–Crippen MR) is 146 cm³/mol. The van der Waals surface area contributed by atoms with Crippen LogP contribution in [-0.4, -0.2) is 60.5 Å². The van der Waals surface area contributed by atoms with Crippen LogP contribution in [0.1, 0.15) is 62.1 Å². The molecule has 1 aliphatic carbocycles. The molecule has 0 spiro atoms. The van der Waals surface area contributed by atoms with E-state index in [9.17, 15) is 19.1 Å². The third-order valence-electron chi connectivity index (χ3n) is 7.14. The Kier molecular flexibility index (Phi) is 6.19. The smallest absolute Gasteiger partial charge is 0.338 e. The SMILES string of the molecule is O=C(O)c1cnn(Cc2cc(C3CC3)cn3cc(Cn4cc(C(=O)NCc5ncn6ccc(Cl)c(F)c56)nn4)nc23)c1. The monoisotopic (exact) mass is 588 g/mol. The summed E-state index contributed by atoms with van der Waals surface area (Å²) in [5.74, 6) is -1.63. The number of carbonyl (C=O) groups excluding carboxylic acids is 1. The topological polar surface area (TPSA) is 150 Å². The number of fused-ring (bicyclic) bond motifs is 2. The molecule has 2 N–H and O–H groups in total. The van der Waals surface area contributed by atoms with Gasteiger partial charge in [0.15, 0.2) is 11.5 Å². The van der Waals surface area contributed by atoms with Crippen molar-refractivity contribution in [2.45, 2.75) is 38.4 Å². The highest BCUT2D eigenvalue weighted by Crippen LogP contribution is 2.40. The fourth-order valence-electron chi connectivity index (χ4n) is 4.93. The van der Waals surface area contributed by atoms with Crippen LogP contribution < -0.4 is 5.32 Å². The molecule has 6 aromatic rings. The van der Waals surface area contributed by atoms with Crippen LogP contribution in [0.15, 0.2) is 55.6 Å². The summed E-state index contributed by atoms with van der Waals surface area (Å²) < 4.78 is 21.0. The molecule has 7 rings (SSSR count). The van der Waals surface area contributed by atoms with Gasteiger partial charge in [0.2, 0.25) is 0 Å². The number of imidazole rings is 2. The number of aromatic carboxylic acids is 1. The van der Waals surface area contributed by atoms with Gasteiger partial charge < -0.3 is 19.2 Å². The van der Waals surface area contributed by atoms with E-state index in [0.29, 0.717) is 23.9 Å². The maximum absolute atomic E-state index is 14.5. The first-order valence-electron chi connectivity index (χ1n) is 13.1. The Balaban J connectivity index is 1.08. The predicted octanol–water partition coefficient (Wildman–Crippen LogP) is 3.16. The van der Waals surface area contributed by atoms with E-state index >= 15 is 0 Å². The second-order valence-electron chi connectivity index (χ2n) is 10.2. The Morgan fingerprint density at radius 3 is 2.76 bits per heavy atom. The maximum Gasteiger partial charge on any atom is 0.338 e. The van der Waals surface area contributed by atoms with Crippen LogP contribution in [-0.2, 0) is 19.6 Å². The van der Waals surface area contributed by atoms with Crippen molar-refractivity contribution in [3.63, 3.8) is 0 Å². The van der Waals surface area contributed by atoms with Crippen LogP contribution in [0.2, 0.25) is 5.02 Å². The quantitative estimate of drug-likeness (QED) is 0.261. The molecule has 0 saturated heterocycles. The normalized spacial score (nSPS) is 13.3. The minimum Gasteiger partial charge on any atom is -0.478 e. The number of halogens is 2. The van der Waals surface area contributed by atoms with E-state index in [0.717, 1.165) is 24.1 Å². The summed E-state index contributed by atoms with van der Waals surface area (Å²) in [6.45, 7) is 0.603. The van der Waals surface area contributed by atoms with Crippen LogP contribution in [0.5, 0.6) is 0 Å². The minimum absolute atomic E-state index is 0.0256. The molecule has 0 unspecified atom stereocenters. The van der Waals surface area contributed by atoms with Crippen molar-refractivity contribution in [1.82, 2.24) is 48.9 Å². The summed E-state index contributed by atoms with van der Waals surface area (Å²) in [5.41, 5.74) is 4.26. The molecular weight excluding hydrogens is 567 g/mol. The van der Waals surface area contributed by atoms with Crippen molar-refractivity contribution in [3.05, 3.63) is 100 Å². The lowest BCUT2D eigenvalue weighted by Gasteiger charge is -2.08. The molecule has 0 atom stereocenters. The Morgan fingerprint density at radius 2 is 1.98 bits per heavy atom. The molecule has 13 nitrogen and oxygen atoms in total. The lowest BCUT2D eigenvalue weighted by atomic mass is 10.1.